The maximum atomic E-state index is 13.9. The van der Waals surface area contributed by atoms with E-state index in [1.165, 1.54) is 14.2 Å². The smallest absolute Gasteiger partial charge is 0.407 e. The average molecular weight is 823 g/mol. The molecule has 4 heterocycles. The van der Waals surface area contributed by atoms with E-state index in [1.807, 2.05) is 61.5 Å². The Hall–Kier alpha value is -6.96. The molecule has 4 amide bonds. The summed E-state index contributed by atoms with van der Waals surface area (Å²) >= 11 is 0. The number of H-pyrrole nitrogens is 2. The number of aromatic nitrogens is 4. The van der Waals surface area contributed by atoms with E-state index in [2.05, 4.69) is 81.3 Å². The number of carbonyl (C=O) groups is 4. The molecule has 0 radical (unpaired) electrons. The molecule has 0 aliphatic carbocycles. The van der Waals surface area contributed by atoms with Crippen molar-refractivity contribution in [3.05, 3.63) is 121 Å². The van der Waals surface area contributed by atoms with Crippen molar-refractivity contribution < 1.29 is 28.7 Å². The van der Waals surface area contributed by atoms with Gasteiger partial charge in [-0.2, -0.15) is 0 Å². The van der Waals surface area contributed by atoms with Crippen LogP contribution in [0.2, 0.25) is 0 Å². The molecule has 4 aromatic carbocycles. The third-order valence-corrected chi connectivity index (χ3v) is 11.8. The van der Waals surface area contributed by atoms with Crippen molar-refractivity contribution >= 4 is 34.8 Å². The molecule has 14 nitrogen and oxygen atoms in total. The lowest BCUT2D eigenvalue weighted by atomic mass is 9.98. The van der Waals surface area contributed by atoms with Gasteiger partial charge in [0.1, 0.15) is 23.7 Å². The van der Waals surface area contributed by atoms with Gasteiger partial charge in [-0.1, -0.05) is 92.7 Å². The molecule has 6 aromatic rings. The van der Waals surface area contributed by atoms with Gasteiger partial charge in [-0.15, -0.1) is 0 Å². The normalized spacial score (nSPS) is 17.3. The van der Waals surface area contributed by atoms with Crippen LogP contribution in [0, 0.1) is 5.92 Å². The summed E-state index contributed by atoms with van der Waals surface area (Å²) in [6, 6.07) is 28.2. The Morgan fingerprint density at radius 2 is 1.15 bits per heavy atom. The third kappa shape index (κ3) is 8.56. The van der Waals surface area contributed by atoms with Crippen molar-refractivity contribution in [1.82, 2.24) is 40.4 Å². The molecule has 14 heteroatoms. The largest absolute Gasteiger partial charge is 0.453 e. The number of alkyl carbamates (subject to hydrolysis) is 2. The second-order valence-electron chi connectivity index (χ2n) is 15.9. The Bertz CT molecular complexity index is 2530. The van der Waals surface area contributed by atoms with Gasteiger partial charge in [-0.05, 0) is 76.8 Å². The van der Waals surface area contributed by atoms with Crippen molar-refractivity contribution in [2.45, 2.75) is 63.7 Å². The van der Waals surface area contributed by atoms with Gasteiger partial charge in [0.2, 0.25) is 5.91 Å². The molecule has 4 atom stereocenters. The van der Waals surface area contributed by atoms with Crippen LogP contribution in [0.5, 0.6) is 0 Å². The highest BCUT2D eigenvalue weighted by molar-refractivity contribution is 5.91. The van der Waals surface area contributed by atoms with E-state index in [4.69, 9.17) is 19.4 Å². The number of aromatic amines is 2. The highest BCUT2D eigenvalue weighted by Crippen LogP contribution is 2.36. The zero-order valence-electron chi connectivity index (χ0n) is 34.7. The number of amides is 4. The van der Waals surface area contributed by atoms with E-state index in [1.54, 1.807) is 4.90 Å². The van der Waals surface area contributed by atoms with Gasteiger partial charge in [0.05, 0.1) is 50.1 Å². The Balaban J connectivity index is 0.943. The van der Waals surface area contributed by atoms with Gasteiger partial charge in [0.25, 0.3) is 5.91 Å². The Morgan fingerprint density at radius 3 is 1.74 bits per heavy atom. The molecule has 2 fully saturated rings. The predicted octanol–water partition coefficient (Wildman–Crippen LogP) is 8.09. The first-order valence-electron chi connectivity index (χ1n) is 20.7. The molecule has 2 aliphatic rings. The van der Waals surface area contributed by atoms with Gasteiger partial charge in [0.15, 0.2) is 0 Å². The highest BCUT2D eigenvalue weighted by Gasteiger charge is 2.39. The van der Waals surface area contributed by atoms with Crippen LogP contribution in [0.4, 0.5) is 9.59 Å². The van der Waals surface area contributed by atoms with Gasteiger partial charge >= 0.3 is 12.2 Å². The van der Waals surface area contributed by atoms with E-state index in [9.17, 15) is 19.2 Å². The molecule has 0 spiro atoms. The van der Waals surface area contributed by atoms with Crippen molar-refractivity contribution in [2.75, 3.05) is 27.3 Å². The molecule has 2 saturated heterocycles. The van der Waals surface area contributed by atoms with Crippen molar-refractivity contribution in [1.29, 1.82) is 0 Å². The number of hydrogen-bond acceptors (Lipinski definition) is 8. The fourth-order valence-corrected chi connectivity index (χ4v) is 8.52. The molecule has 0 saturated carbocycles. The van der Waals surface area contributed by atoms with Crippen LogP contribution in [0.3, 0.4) is 0 Å². The SMILES string of the molecule is COC(=O)NC(C(=O)N1CCC[C@@H]1c1ncc(-c2ccc3cc(-c4ccc(-c5cnc(C6CCCN6C(=O)C(NC(=O)OC)C(C)C)[nH]5)cc4)ccc3c2)[nH]1)c1ccccc1. The quantitative estimate of drug-likeness (QED) is 0.101. The third-order valence-electron chi connectivity index (χ3n) is 11.8. The Labute approximate surface area is 354 Å². The maximum absolute atomic E-state index is 13.9. The first-order valence-corrected chi connectivity index (χ1v) is 20.7. The second kappa shape index (κ2) is 17.7. The first kappa shape index (κ1) is 40.8. The number of imidazole rings is 2. The summed E-state index contributed by atoms with van der Waals surface area (Å²) in [7, 11) is 2.57. The number of ether oxygens (including phenoxy) is 2. The standard InChI is InChI=1S/C47H50N8O6/c1-28(2)40(52-46(58)60-3)44(56)54-22-8-12-38(54)42-48-26-36(50-42)30-16-14-29(15-17-30)32-18-19-34-25-35(21-20-33(34)24-32)37-27-49-43(51-37)39-13-9-23-55(39)45(57)41(53-47(59)61-4)31-10-6-5-7-11-31/h5-7,10-11,14-21,24-28,38-41H,8-9,12-13,22-23H2,1-4H3,(H,48,50)(H,49,51)(H,52,58)(H,53,59)/t38?,39-,40?,41?/m1/s1. The topological polar surface area (TPSA) is 175 Å². The van der Waals surface area contributed by atoms with E-state index < -0.39 is 24.3 Å². The second-order valence-corrected chi connectivity index (χ2v) is 15.9. The molecular weight excluding hydrogens is 773 g/mol. The first-order chi connectivity index (χ1) is 29.6. The minimum Gasteiger partial charge on any atom is -0.453 e. The summed E-state index contributed by atoms with van der Waals surface area (Å²) in [5, 5.41) is 7.60. The number of nitrogens with zero attached hydrogens (tertiary/aromatic N) is 4. The number of benzene rings is 4. The monoisotopic (exact) mass is 822 g/mol. The lowest BCUT2D eigenvalue weighted by Crippen LogP contribution is -2.51. The lowest BCUT2D eigenvalue weighted by Gasteiger charge is -2.30. The Morgan fingerprint density at radius 1 is 0.639 bits per heavy atom. The van der Waals surface area contributed by atoms with Crippen LogP contribution in [0.15, 0.2) is 103 Å². The number of rotatable bonds is 11. The number of carbonyl (C=O) groups excluding carboxylic acids is 4. The summed E-state index contributed by atoms with van der Waals surface area (Å²) in [5.74, 6) is 0.973. The molecule has 314 valence electrons. The van der Waals surface area contributed by atoms with Crippen LogP contribution >= 0.6 is 0 Å². The van der Waals surface area contributed by atoms with Gasteiger partial charge in [-0.3, -0.25) is 9.59 Å². The molecule has 2 aliphatic heterocycles. The Kier molecular flexibility index (Phi) is 11.9. The van der Waals surface area contributed by atoms with E-state index in [-0.39, 0.29) is 29.8 Å². The zero-order valence-corrected chi connectivity index (χ0v) is 34.7. The van der Waals surface area contributed by atoms with Crippen LogP contribution in [-0.2, 0) is 19.1 Å². The molecule has 4 N–H and O–H groups in total. The minimum atomic E-state index is -0.881. The fourth-order valence-electron chi connectivity index (χ4n) is 8.52. The van der Waals surface area contributed by atoms with Gasteiger partial charge in [-0.25, -0.2) is 19.6 Å². The number of nitrogens with one attached hydrogen (secondary N) is 4. The summed E-state index contributed by atoms with van der Waals surface area (Å²) < 4.78 is 9.60. The van der Waals surface area contributed by atoms with E-state index in [0.29, 0.717) is 24.5 Å². The van der Waals surface area contributed by atoms with Crippen LogP contribution in [0.25, 0.3) is 44.4 Å². The number of hydrogen-bond donors (Lipinski definition) is 4. The summed E-state index contributed by atoms with van der Waals surface area (Å²) in [6.45, 7) is 4.95. The molecule has 2 aromatic heterocycles. The molecule has 61 heavy (non-hydrogen) atoms. The molecule has 8 rings (SSSR count). The zero-order chi connectivity index (χ0) is 42.6. The van der Waals surface area contributed by atoms with E-state index in [0.717, 1.165) is 75.9 Å². The summed E-state index contributed by atoms with van der Waals surface area (Å²) in [4.78, 5) is 71.7. The van der Waals surface area contributed by atoms with Crippen LogP contribution in [0.1, 0.15) is 74.9 Å². The lowest BCUT2D eigenvalue weighted by molar-refractivity contribution is -0.135. The predicted molar refractivity (Wildman–Crippen MR) is 231 cm³/mol. The summed E-state index contributed by atoms with van der Waals surface area (Å²) in [6.07, 6.45) is 5.53. The van der Waals surface area contributed by atoms with E-state index >= 15 is 0 Å². The average Bonchev–Trinajstić information content (AvgIpc) is 4.14. The molecule has 3 unspecified atom stereocenters. The maximum Gasteiger partial charge on any atom is 0.407 e. The number of fused-ring (bicyclic) bond motifs is 1. The molecule has 0 bridgehead atoms. The minimum absolute atomic E-state index is 0.107. The molecular formula is C47H50N8O6. The van der Waals surface area contributed by atoms with Crippen molar-refractivity contribution in [3.8, 4) is 33.6 Å². The summed E-state index contributed by atoms with van der Waals surface area (Å²) in [5.41, 5.74) is 6.52. The van der Waals surface area contributed by atoms with Gasteiger partial charge < -0.3 is 39.9 Å². The number of methoxy groups -OCH3 is 2. The fraction of sp³-hybridized carbons (Fsp3) is 0.319. The number of likely N-dealkylation sites (tertiary alicyclic amines) is 2. The van der Waals surface area contributed by atoms with Gasteiger partial charge in [0, 0.05) is 18.7 Å². The van der Waals surface area contributed by atoms with Crippen LogP contribution in [-0.4, -0.2) is 87.1 Å². The van der Waals surface area contributed by atoms with Crippen LogP contribution < -0.4 is 10.6 Å². The van der Waals surface area contributed by atoms with Crippen molar-refractivity contribution in [2.24, 2.45) is 5.92 Å². The highest BCUT2D eigenvalue weighted by atomic mass is 16.5. The van der Waals surface area contributed by atoms with Crippen molar-refractivity contribution in [3.63, 3.8) is 0 Å².